The third kappa shape index (κ3) is 4.59. The maximum Gasteiger partial charge on any atom is 0.440 e. The molecule has 1 aromatic carbocycles. The topological polar surface area (TPSA) is 38.7 Å². The Hall–Kier alpha value is -1.50. The van der Waals surface area contributed by atoms with Gasteiger partial charge in [-0.25, -0.2) is 9.79 Å². The predicted molar refractivity (Wildman–Crippen MR) is 68.0 cm³/mol. The minimum Gasteiger partial charge on any atom is -0.461 e. The predicted octanol–water partition coefficient (Wildman–Crippen LogP) is 3.61. The highest BCUT2D eigenvalue weighted by Crippen LogP contribution is 2.24. The van der Waals surface area contributed by atoms with E-state index in [4.69, 9.17) is 0 Å². The quantitative estimate of drug-likeness (QED) is 0.483. The second kappa shape index (κ2) is 6.60. The molecule has 0 aliphatic carbocycles. The van der Waals surface area contributed by atoms with Gasteiger partial charge >= 0.3 is 12.1 Å². The lowest BCUT2D eigenvalue weighted by Gasteiger charge is -2.09. The van der Waals surface area contributed by atoms with E-state index in [1.807, 2.05) is 6.26 Å². The second-order valence-electron chi connectivity index (χ2n) is 3.38. The number of hydrogen-bond acceptors (Lipinski definition) is 4. The number of thioether (sulfide) groups is 1. The van der Waals surface area contributed by atoms with E-state index in [0.29, 0.717) is 0 Å². The van der Waals surface area contributed by atoms with Crippen LogP contribution in [0.2, 0.25) is 0 Å². The summed E-state index contributed by atoms with van der Waals surface area (Å²) in [4.78, 5) is 15.5. The number of aliphatic imine (C=N–C) groups is 1. The standard InChI is InChI=1S/C12H12F3NO2S/c1-3-18-11(17)10(12(13,14)15)16-8-4-6-9(19-2)7-5-8/h4-7H,3H2,1-2H3. The molecule has 3 nitrogen and oxygen atoms in total. The summed E-state index contributed by atoms with van der Waals surface area (Å²) in [5, 5.41) is 0. The lowest BCUT2D eigenvalue weighted by Crippen LogP contribution is -2.32. The van der Waals surface area contributed by atoms with Crippen LogP contribution in [0, 0.1) is 0 Å². The van der Waals surface area contributed by atoms with Gasteiger partial charge < -0.3 is 4.74 Å². The largest absolute Gasteiger partial charge is 0.461 e. The first kappa shape index (κ1) is 15.6. The monoisotopic (exact) mass is 291 g/mol. The molecule has 0 unspecified atom stereocenters. The van der Waals surface area contributed by atoms with Crippen molar-refractivity contribution in [2.24, 2.45) is 4.99 Å². The number of halogens is 3. The first-order valence-corrected chi connectivity index (χ1v) is 6.58. The highest BCUT2D eigenvalue weighted by molar-refractivity contribution is 7.98. The molecule has 0 fully saturated rings. The molecule has 0 saturated heterocycles. The van der Waals surface area contributed by atoms with Crippen LogP contribution in [0.25, 0.3) is 0 Å². The first-order valence-electron chi connectivity index (χ1n) is 5.35. The highest BCUT2D eigenvalue weighted by Gasteiger charge is 2.42. The average Bonchev–Trinajstić information content (AvgIpc) is 2.35. The van der Waals surface area contributed by atoms with Gasteiger partial charge in [0.2, 0.25) is 5.71 Å². The molecule has 0 N–H and O–H groups in total. The number of carbonyl (C=O) groups excluding carboxylic acids is 1. The van der Waals surface area contributed by atoms with Crippen molar-refractivity contribution < 1.29 is 22.7 Å². The Kier molecular flexibility index (Phi) is 5.41. The zero-order valence-electron chi connectivity index (χ0n) is 10.3. The fourth-order valence-electron chi connectivity index (χ4n) is 1.21. The van der Waals surface area contributed by atoms with E-state index in [1.54, 1.807) is 12.1 Å². The summed E-state index contributed by atoms with van der Waals surface area (Å²) < 4.78 is 42.4. The molecule has 0 heterocycles. The molecule has 1 rings (SSSR count). The first-order chi connectivity index (χ1) is 8.88. The van der Waals surface area contributed by atoms with Crippen molar-refractivity contribution in [3.63, 3.8) is 0 Å². The van der Waals surface area contributed by atoms with Crippen LogP contribution in [0.5, 0.6) is 0 Å². The van der Waals surface area contributed by atoms with E-state index in [9.17, 15) is 18.0 Å². The number of esters is 1. The lowest BCUT2D eigenvalue weighted by atomic mass is 10.3. The number of hydrogen-bond donors (Lipinski definition) is 0. The van der Waals surface area contributed by atoms with Gasteiger partial charge in [0, 0.05) is 4.90 Å². The van der Waals surface area contributed by atoms with Crippen LogP contribution in [0.3, 0.4) is 0 Å². The Morgan fingerprint density at radius 3 is 2.32 bits per heavy atom. The third-order valence-corrected chi connectivity index (χ3v) is 2.79. The van der Waals surface area contributed by atoms with Gasteiger partial charge in [0.05, 0.1) is 12.3 Å². The molecule has 104 valence electrons. The number of benzene rings is 1. The molecule has 0 saturated carbocycles. The smallest absolute Gasteiger partial charge is 0.440 e. The van der Waals surface area contributed by atoms with E-state index in [2.05, 4.69) is 9.73 Å². The molecule has 0 aliphatic heterocycles. The van der Waals surface area contributed by atoms with E-state index in [0.717, 1.165) is 4.90 Å². The van der Waals surface area contributed by atoms with Crippen LogP contribution >= 0.6 is 11.8 Å². The van der Waals surface area contributed by atoms with Gasteiger partial charge in [-0.3, -0.25) is 0 Å². The minimum atomic E-state index is -4.84. The van der Waals surface area contributed by atoms with Crippen molar-refractivity contribution in [1.82, 2.24) is 0 Å². The Morgan fingerprint density at radius 2 is 1.89 bits per heavy atom. The Labute approximate surface area is 112 Å². The summed E-state index contributed by atoms with van der Waals surface area (Å²) in [7, 11) is 0. The maximum atomic E-state index is 12.7. The van der Waals surface area contributed by atoms with Gasteiger partial charge in [0.25, 0.3) is 0 Å². The lowest BCUT2D eigenvalue weighted by molar-refractivity contribution is -0.139. The summed E-state index contributed by atoms with van der Waals surface area (Å²) in [6, 6.07) is 6.08. The van der Waals surface area contributed by atoms with Crippen LogP contribution in [0.4, 0.5) is 18.9 Å². The summed E-state index contributed by atoms with van der Waals surface area (Å²) in [5.74, 6) is -1.47. The van der Waals surface area contributed by atoms with Gasteiger partial charge in [-0.15, -0.1) is 11.8 Å². The number of nitrogens with zero attached hydrogens (tertiary/aromatic N) is 1. The average molecular weight is 291 g/mol. The molecule has 19 heavy (non-hydrogen) atoms. The maximum absolute atomic E-state index is 12.7. The molecule has 0 radical (unpaired) electrons. The normalized spacial score (nSPS) is 12.4. The van der Waals surface area contributed by atoms with E-state index >= 15 is 0 Å². The summed E-state index contributed by atoms with van der Waals surface area (Å²) >= 11 is 1.45. The molecular formula is C12H12F3NO2S. The number of carbonyl (C=O) groups is 1. The minimum absolute atomic E-state index is 0.0539. The van der Waals surface area contributed by atoms with Crippen LogP contribution < -0.4 is 0 Å². The Morgan fingerprint density at radius 1 is 1.32 bits per heavy atom. The van der Waals surface area contributed by atoms with Crippen molar-refractivity contribution in [2.45, 2.75) is 18.0 Å². The molecular weight excluding hydrogens is 279 g/mol. The van der Waals surface area contributed by atoms with Crippen LogP contribution in [-0.2, 0) is 9.53 Å². The Balaban J connectivity index is 3.08. The van der Waals surface area contributed by atoms with Crippen LogP contribution in [0.15, 0.2) is 34.2 Å². The second-order valence-corrected chi connectivity index (χ2v) is 4.26. The zero-order valence-corrected chi connectivity index (χ0v) is 11.1. The zero-order chi connectivity index (χ0) is 14.5. The molecule has 0 aromatic heterocycles. The fourth-order valence-corrected chi connectivity index (χ4v) is 1.62. The van der Waals surface area contributed by atoms with Crippen LogP contribution in [-0.4, -0.2) is 30.7 Å². The highest BCUT2D eigenvalue weighted by atomic mass is 32.2. The van der Waals surface area contributed by atoms with Gasteiger partial charge in [-0.05, 0) is 37.4 Å². The van der Waals surface area contributed by atoms with Gasteiger partial charge in [-0.2, -0.15) is 13.2 Å². The molecule has 0 atom stereocenters. The molecule has 0 spiro atoms. The van der Waals surface area contributed by atoms with Crippen molar-refractivity contribution in [2.75, 3.05) is 12.9 Å². The molecule has 0 bridgehead atoms. The number of rotatable bonds is 4. The molecule has 1 aromatic rings. The number of alkyl halides is 3. The molecule has 0 amide bonds. The van der Waals surface area contributed by atoms with Gasteiger partial charge in [0.1, 0.15) is 0 Å². The van der Waals surface area contributed by atoms with E-state index in [1.165, 1.54) is 30.8 Å². The summed E-state index contributed by atoms with van der Waals surface area (Å²) in [6.45, 7) is 1.29. The van der Waals surface area contributed by atoms with E-state index in [-0.39, 0.29) is 12.3 Å². The molecule has 7 heteroatoms. The van der Waals surface area contributed by atoms with Gasteiger partial charge in [-0.1, -0.05) is 0 Å². The SMILES string of the molecule is CCOC(=O)C(=Nc1ccc(SC)cc1)C(F)(F)F. The van der Waals surface area contributed by atoms with Crippen molar-refractivity contribution >= 4 is 29.1 Å². The summed E-state index contributed by atoms with van der Waals surface area (Å²) in [6.07, 6.45) is -3.00. The fraction of sp³-hybridized carbons (Fsp3) is 0.333. The van der Waals surface area contributed by atoms with Crippen molar-refractivity contribution in [3.8, 4) is 0 Å². The molecule has 0 aliphatic rings. The van der Waals surface area contributed by atoms with Crippen LogP contribution in [0.1, 0.15) is 6.92 Å². The summed E-state index contributed by atoms with van der Waals surface area (Å²) in [5.41, 5.74) is -1.50. The third-order valence-electron chi connectivity index (χ3n) is 2.05. The van der Waals surface area contributed by atoms with Gasteiger partial charge in [0.15, 0.2) is 0 Å². The Bertz CT molecular complexity index is 469. The van der Waals surface area contributed by atoms with Crippen molar-refractivity contribution in [1.29, 1.82) is 0 Å². The van der Waals surface area contributed by atoms with E-state index < -0.39 is 17.9 Å². The number of ether oxygens (including phenoxy) is 1. The van der Waals surface area contributed by atoms with Crippen molar-refractivity contribution in [3.05, 3.63) is 24.3 Å².